The summed E-state index contributed by atoms with van der Waals surface area (Å²) in [5.74, 6) is -1.44. The van der Waals surface area contributed by atoms with Gasteiger partial charge < -0.3 is 9.47 Å². The molecule has 1 N–H and O–H groups in total. The van der Waals surface area contributed by atoms with E-state index in [0.717, 1.165) is 5.41 Å². The summed E-state index contributed by atoms with van der Waals surface area (Å²) in [5, 5.41) is 0.968. The SMILES string of the molecule is C[C@H](NS(=O)(=O)/C=C/c1ccccc1)C(=O)O[C@H]1CCOC1=O. The molecule has 0 unspecified atom stereocenters. The van der Waals surface area contributed by atoms with Gasteiger partial charge in [0.25, 0.3) is 0 Å². The molecule has 2 rings (SSSR count). The number of nitrogens with one attached hydrogen (secondary N) is 1. The molecule has 124 valence electrons. The maximum atomic E-state index is 11.9. The van der Waals surface area contributed by atoms with Crippen LogP contribution in [0.15, 0.2) is 35.7 Å². The van der Waals surface area contributed by atoms with Crippen LogP contribution in [0.25, 0.3) is 6.08 Å². The fourth-order valence-electron chi connectivity index (χ4n) is 1.89. The predicted molar refractivity (Wildman–Crippen MR) is 82.4 cm³/mol. The Kier molecular flexibility index (Phi) is 5.51. The van der Waals surface area contributed by atoms with Gasteiger partial charge in [0.05, 0.1) is 6.61 Å². The molecule has 7 nitrogen and oxygen atoms in total. The van der Waals surface area contributed by atoms with Gasteiger partial charge in [-0.15, -0.1) is 0 Å². The van der Waals surface area contributed by atoms with Crippen LogP contribution in [0.2, 0.25) is 0 Å². The lowest BCUT2D eigenvalue weighted by Crippen LogP contribution is -2.40. The van der Waals surface area contributed by atoms with Gasteiger partial charge in [-0.25, -0.2) is 13.2 Å². The van der Waals surface area contributed by atoms with Crippen LogP contribution in [-0.4, -0.2) is 39.1 Å². The van der Waals surface area contributed by atoms with Crippen molar-refractivity contribution in [2.75, 3.05) is 6.61 Å². The highest BCUT2D eigenvalue weighted by molar-refractivity contribution is 7.92. The minimum absolute atomic E-state index is 0.191. The van der Waals surface area contributed by atoms with Crippen LogP contribution in [0.4, 0.5) is 0 Å². The molecule has 0 saturated carbocycles. The van der Waals surface area contributed by atoms with Crippen LogP contribution < -0.4 is 4.72 Å². The van der Waals surface area contributed by atoms with E-state index >= 15 is 0 Å². The van der Waals surface area contributed by atoms with Gasteiger partial charge in [-0.3, -0.25) is 4.79 Å². The Morgan fingerprint density at radius 1 is 1.39 bits per heavy atom. The van der Waals surface area contributed by atoms with Crippen molar-refractivity contribution in [3.63, 3.8) is 0 Å². The first-order valence-corrected chi connectivity index (χ1v) is 8.54. The Labute approximate surface area is 134 Å². The molecule has 23 heavy (non-hydrogen) atoms. The van der Waals surface area contributed by atoms with Crippen molar-refractivity contribution in [1.29, 1.82) is 0 Å². The van der Waals surface area contributed by atoms with E-state index in [9.17, 15) is 18.0 Å². The van der Waals surface area contributed by atoms with E-state index in [1.807, 2.05) is 6.07 Å². The summed E-state index contributed by atoms with van der Waals surface area (Å²) in [5.41, 5.74) is 0.710. The van der Waals surface area contributed by atoms with Crippen molar-refractivity contribution < 1.29 is 27.5 Å². The number of benzene rings is 1. The van der Waals surface area contributed by atoms with E-state index in [1.165, 1.54) is 13.0 Å². The molecular weight excluding hydrogens is 322 g/mol. The van der Waals surface area contributed by atoms with Crippen molar-refractivity contribution in [1.82, 2.24) is 4.72 Å². The maximum absolute atomic E-state index is 11.9. The van der Waals surface area contributed by atoms with E-state index in [-0.39, 0.29) is 13.0 Å². The molecule has 0 spiro atoms. The number of sulfonamides is 1. The van der Waals surface area contributed by atoms with E-state index in [0.29, 0.717) is 5.56 Å². The molecule has 2 atom stereocenters. The first kappa shape index (κ1) is 17.2. The van der Waals surface area contributed by atoms with Crippen molar-refractivity contribution in [2.24, 2.45) is 0 Å². The molecule has 8 heteroatoms. The molecule has 1 aromatic rings. The smallest absolute Gasteiger partial charge is 0.347 e. The first-order chi connectivity index (χ1) is 10.9. The van der Waals surface area contributed by atoms with Gasteiger partial charge in [0, 0.05) is 11.8 Å². The molecule has 0 bridgehead atoms. The van der Waals surface area contributed by atoms with E-state index in [2.05, 4.69) is 9.46 Å². The zero-order valence-corrected chi connectivity index (χ0v) is 13.3. The summed E-state index contributed by atoms with van der Waals surface area (Å²) < 4.78 is 35.6. The van der Waals surface area contributed by atoms with Gasteiger partial charge in [0.1, 0.15) is 6.04 Å². The molecule has 1 saturated heterocycles. The highest BCUT2D eigenvalue weighted by Crippen LogP contribution is 2.11. The van der Waals surface area contributed by atoms with E-state index in [1.54, 1.807) is 24.3 Å². The highest BCUT2D eigenvalue weighted by atomic mass is 32.2. The van der Waals surface area contributed by atoms with E-state index < -0.39 is 34.1 Å². The second kappa shape index (κ2) is 7.38. The minimum Gasteiger partial charge on any atom is -0.463 e. The Bertz CT molecular complexity index is 698. The van der Waals surface area contributed by atoms with Gasteiger partial charge in [-0.1, -0.05) is 30.3 Å². The maximum Gasteiger partial charge on any atom is 0.347 e. The van der Waals surface area contributed by atoms with Crippen LogP contribution >= 0.6 is 0 Å². The van der Waals surface area contributed by atoms with Crippen LogP contribution in [0.3, 0.4) is 0 Å². The molecule has 1 aliphatic rings. The third-order valence-corrected chi connectivity index (χ3v) is 4.26. The number of ether oxygens (including phenoxy) is 2. The number of carbonyl (C=O) groups is 2. The van der Waals surface area contributed by atoms with Gasteiger partial charge in [0.15, 0.2) is 0 Å². The number of esters is 2. The van der Waals surface area contributed by atoms with Crippen molar-refractivity contribution in [3.8, 4) is 0 Å². The first-order valence-electron chi connectivity index (χ1n) is 7.00. The van der Waals surface area contributed by atoms with Crippen LogP contribution in [-0.2, 0) is 29.1 Å². The van der Waals surface area contributed by atoms with Crippen LogP contribution in [0.1, 0.15) is 18.9 Å². The molecule has 0 aliphatic carbocycles. The minimum atomic E-state index is -3.82. The summed E-state index contributed by atoms with van der Waals surface area (Å²) in [7, 11) is -3.82. The summed E-state index contributed by atoms with van der Waals surface area (Å²) in [6, 6.07) is 7.75. The lowest BCUT2D eigenvalue weighted by molar-refractivity contribution is -0.161. The standard InChI is InChI=1S/C15H17NO6S/c1-11(14(17)22-13-7-9-21-15(13)18)16-23(19,20)10-8-12-5-3-2-4-6-12/h2-6,8,10-11,13,16H,7,9H2,1H3/b10-8+/t11-,13-/m0/s1. The largest absolute Gasteiger partial charge is 0.463 e. The van der Waals surface area contributed by atoms with Gasteiger partial charge in [-0.2, -0.15) is 4.72 Å². The summed E-state index contributed by atoms with van der Waals surface area (Å²) in [4.78, 5) is 23.0. The Morgan fingerprint density at radius 3 is 2.70 bits per heavy atom. The number of rotatable bonds is 6. The van der Waals surface area contributed by atoms with Crippen molar-refractivity contribution >= 4 is 28.0 Å². The molecule has 1 aliphatic heterocycles. The number of hydrogen-bond acceptors (Lipinski definition) is 6. The monoisotopic (exact) mass is 339 g/mol. The third-order valence-electron chi connectivity index (χ3n) is 3.08. The Hall–Kier alpha value is -2.19. The third kappa shape index (κ3) is 5.19. The van der Waals surface area contributed by atoms with Crippen molar-refractivity contribution in [3.05, 3.63) is 41.3 Å². The van der Waals surface area contributed by atoms with Crippen LogP contribution in [0.5, 0.6) is 0 Å². The molecule has 0 aromatic heterocycles. The molecule has 0 amide bonds. The van der Waals surface area contributed by atoms with Gasteiger partial charge in [0.2, 0.25) is 16.1 Å². The number of cyclic esters (lactones) is 1. The zero-order valence-electron chi connectivity index (χ0n) is 12.5. The number of hydrogen-bond donors (Lipinski definition) is 1. The van der Waals surface area contributed by atoms with Gasteiger partial charge in [-0.05, 0) is 18.6 Å². The topological polar surface area (TPSA) is 98.8 Å². The summed E-state index contributed by atoms with van der Waals surface area (Å²) in [6.07, 6.45) is 0.724. The Balaban J connectivity index is 1.92. The normalized spacial score (nSPS) is 19.5. The summed E-state index contributed by atoms with van der Waals surface area (Å²) in [6.45, 7) is 1.53. The summed E-state index contributed by atoms with van der Waals surface area (Å²) >= 11 is 0. The van der Waals surface area contributed by atoms with Gasteiger partial charge >= 0.3 is 11.9 Å². The zero-order chi connectivity index (χ0) is 16.9. The lowest BCUT2D eigenvalue weighted by Gasteiger charge is -2.14. The number of carbonyl (C=O) groups excluding carboxylic acids is 2. The average Bonchev–Trinajstić information content (AvgIpc) is 2.91. The fourth-order valence-corrected chi connectivity index (χ4v) is 2.90. The lowest BCUT2D eigenvalue weighted by atomic mass is 10.2. The average molecular weight is 339 g/mol. The second-order valence-electron chi connectivity index (χ2n) is 4.98. The fraction of sp³-hybridized carbons (Fsp3) is 0.333. The van der Waals surface area contributed by atoms with E-state index in [4.69, 9.17) is 4.74 Å². The Morgan fingerprint density at radius 2 is 2.09 bits per heavy atom. The molecule has 1 heterocycles. The highest BCUT2D eigenvalue weighted by Gasteiger charge is 2.32. The molecule has 1 fully saturated rings. The quantitative estimate of drug-likeness (QED) is 0.771. The van der Waals surface area contributed by atoms with Crippen LogP contribution in [0, 0.1) is 0 Å². The second-order valence-corrected chi connectivity index (χ2v) is 6.58. The molecular formula is C15H17NO6S. The predicted octanol–water partition coefficient (Wildman–Crippen LogP) is 0.824. The molecule has 0 radical (unpaired) electrons. The van der Waals surface area contributed by atoms with Crippen molar-refractivity contribution in [2.45, 2.75) is 25.5 Å². The molecule has 1 aromatic carbocycles.